The van der Waals surface area contributed by atoms with Gasteiger partial charge in [-0.3, -0.25) is 0 Å². The summed E-state index contributed by atoms with van der Waals surface area (Å²) >= 11 is 0. The molecule has 0 amide bonds. The Bertz CT molecular complexity index is 147. The summed E-state index contributed by atoms with van der Waals surface area (Å²) in [5, 5.41) is 11.3. The quantitative estimate of drug-likeness (QED) is 0.617. The van der Waals surface area contributed by atoms with Gasteiger partial charge in [-0.05, 0) is 19.4 Å². The Kier molecular flexibility index (Phi) is 4.67. The van der Waals surface area contributed by atoms with Crippen LogP contribution in [0.25, 0.3) is 0 Å². The lowest BCUT2D eigenvalue weighted by Gasteiger charge is -1.91. The molecule has 1 aliphatic heterocycles. The molecule has 0 bridgehead atoms. The van der Waals surface area contributed by atoms with Gasteiger partial charge < -0.3 is 5.32 Å². The summed E-state index contributed by atoms with van der Waals surface area (Å²) in [5.74, 6) is 0. The topological polar surface area (TPSA) is 35.8 Å². The van der Waals surface area contributed by atoms with Crippen LogP contribution in [0.5, 0.6) is 0 Å². The molecule has 5 heteroatoms. The van der Waals surface area contributed by atoms with Gasteiger partial charge in [-0.1, -0.05) is 0 Å². The highest BCUT2D eigenvalue weighted by atomic mass is 19.4. The van der Waals surface area contributed by atoms with E-state index in [9.17, 15) is 13.2 Å². The summed E-state index contributed by atoms with van der Waals surface area (Å²) in [7, 11) is 0. The van der Waals surface area contributed by atoms with E-state index in [1.807, 2.05) is 0 Å². The minimum absolute atomic E-state index is 0.153. The summed E-state index contributed by atoms with van der Waals surface area (Å²) in [5.41, 5.74) is 0. The fourth-order valence-corrected chi connectivity index (χ4v) is 0.795. The molecule has 0 aromatic rings. The maximum absolute atomic E-state index is 10.4. The van der Waals surface area contributed by atoms with Crippen molar-refractivity contribution in [2.24, 2.45) is 0 Å². The molecule has 1 aliphatic rings. The van der Waals surface area contributed by atoms with E-state index in [4.69, 9.17) is 5.26 Å². The second-order valence-corrected chi connectivity index (χ2v) is 2.56. The van der Waals surface area contributed by atoms with Gasteiger partial charge in [-0.15, -0.1) is 0 Å². The Labute approximate surface area is 69.4 Å². The zero-order chi connectivity index (χ0) is 9.61. The first-order valence-corrected chi connectivity index (χ1v) is 3.63. The van der Waals surface area contributed by atoms with Gasteiger partial charge in [0.05, 0.1) is 12.1 Å². The van der Waals surface area contributed by atoms with E-state index < -0.39 is 6.18 Å². The number of nitrogens with zero attached hydrogens (tertiary/aromatic N) is 1. The lowest BCUT2D eigenvalue weighted by Crippen LogP contribution is -2.18. The Morgan fingerprint density at radius 1 is 1.50 bits per heavy atom. The number of rotatable bonds is 0. The standard InChI is InChI=1S/C5H8N2.C2H3F3/c6-4-5-2-1-3-7-5;1-2(3,4)5/h5,7H,1-3H2;1H3/t5-;/m0./s1. The maximum Gasteiger partial charge on any atom is 0.386 e. The van der Waals surface area contributed by atoms with Gasteiger partial charge in [0, 0.05) is 6.92 Å². The average molecular weight is 180 g/mol. The summed E-state index contributed by atoms with van der Waals surface area (Å²) in [6.45, 7) is 1.21. The molecule has 1 atom stereocenters. The lowest BCUT2D eigenvalue weighted by molar-refractivity contribution is -0.110. The van der Waals surface area contributed by atoms with Crippen molar-refractivity contribution in [3.63, 3.8) is 0 Å². The molecule has 12 heavy (non-hydrogen) atoms. The molecule has 0 aromatic heterocycles. The zero-order valence-electron chi connectivity index (χ0n) is 6.78. The summed E-state index contributed by atoms with van der Waals surface area (Å²) in [4.78, 5) is 0. The normalized spacial score (nSPS) is 22.4. The first-order chi connectivity index (χ1) is 5.43. The molecular weight excluding hydrogens is 169 g/mol. The van der Waals surface area contributed by atoms with Crippen LogP contribution < -0.4 is 5.32 Å². The van der Waals surface area contributed by atoms with Gasteiger partial charge in [-0.2, -0.15) is 18.4 Å². The van der Waals surface area contributed by atoms with Crippen molar-refractivity contribution in [3.05, 3.63) is 0 Å². The minimum atomic E-state index is -4.00. The summed E-state index contributed by atoms with van der Waals surface area (Å²) < 4.78 is 31.1. The third kappa shape index (κ3) is 9.24. The molecular formula is C7H11F3N2. The number of halogens is 3. The van der Waals surface area contributed by atoms with Crippen molar-refractivity contribution < 1.29 is 13.2 Å². The van der Waals surface area contributed by atoms with Crippen molar-refractivity contribution >= 4 is 0 Å². The lowest BCUT2D eigenvalue weighted by atomic mass is 10.2. The first kappa shape index (κ1) is 11.2. The predicted molar refractivity (Wildman–Crippen MR) is 38.4 cm³/mol. The SMILES string of the molecule is CC(F)(F)F.N#C[C@@H]1CCCN1. The van der Waals surface area contributed by atoms with Crippen molar-refractivity contribution in [1.82, 2.24) is 5.32 Å². The van der Waals surface area contributed by atoms with Crippen molar-refractivity contribution in [3.8, 4) is 6.07 Å². The van der Waals surface area contributed by atoms with Gasteiger partial charge in [-0.25, -0.2) is 0 Å². The first-order valence-electron chi connectivity index (χ1n) is 3.63. The van der Waals surface area contributed by atoms with E-state index in [0.29, 0.717) is 0 Å². The van der Waals surface area contributed by atoms with Crippen molar-refractivity contribution in [2.45, 2.75) is 32.0 Å². The van der Waals surface area contributed by atoms with Crippen LogP contribution >= 0.6 is 0 Å². The van der Waals surface area contributed by atoms with Crippen LogP contribution in [0, 0.1) is 11.3 Å². The molecule has 1 N–H and O–H groups in total. The fourth-order valence-electron chi connectivity index (χ4n) is 0.795. The third-order valence-corrected chi connectivity index (χ3v) is 1.22. The van der Waals surface area contributed by atoms with Crippen LogP contribution in [0.3, 0.4) is 0 Å². The molecule has 0 radical (unpaired) electrons. The Morgan fingerprint density at radius 3 is 2.17 bits per heavy atom. The van der Waals surface area contributed by atoms with Crippen LogP contribution in [-0.4, -0.2) is 18.8 Å². The molecule has 0 saturated carbocycles. The van der Waals surface area contributed by atoms with Gasteiger partial charge in [0.1, 0.15) is 0 Å². The molecule has 0 unspecified atom stereocenters. The molecule has 1 heterocycles. The Balaban J connectivity index is 0.000000217. The molecule has 1 saturated heterocycles. The van der Waals surface area contributed by atoms with Gasteiger partial charge >= 0.3 is 6.18 Å². The molecule has 0 aromatic carbocycles. The van der Waals surface area contributed by atoms with Crippen molar-refractivity contribution in [2.75, 3.05) is 6.54 Å². The van der Waals surface area contributed by atoms with Crippen LogP contribution in [0.1, 0.15) is 19.8 Å². The Hall–Kier alpha value is -0.760. The molecule has 70 valence electrons. The highest BCUT2D eigenvalue weighted by Gasteiger charge is 2.15. The summed E-state index contributed by atoms with van der Waals surface area (Å²) in [6, 6.07) is 2.31. The monoisotopic (exact) mass is 180 g/mol. The van der Waals surface area contributed by atoms with Crippen molar-refractivity contribution in [1.29, 1.82) is 5.26 Å². The average Bonchev–Trinajstić information content (AvgIpc) is 2.33. The van der Waals surface area contributed by atoms with Gasteiger partial charge in [0.2, 0.25) is 0 Å². The zero-order valence-corrected chi connectivity index (χ0v) is 6.78. The molecule has 2 nitrogen and oxygen atoms in total. The number of nitriles is 1. The van der Waals surface area contributed by atoms with E-state index >= 15 is 0 Å². The number of nitrogens with one attached hydrogen (secondary N) is 1. The molecule has 0 spiro atoms. The third-order valence-electron chi connectivity index (χ3n) is 1.22. The fraction of sp³-hybridized carbons (Fsp3) is 0.857. The molecule has 1 fully saturated rings. The van der Waals surface area contributed by atoms with E-state index in [1.165, 1.54) is 0 Å². The van der Waals surface area contributed by atoms with E-state index in [2.05, 4.69) is 11.4 Å². The second-order valence-electron chi connectivity index (χ2n) is 2.56. The highest BCUT2D eigenvalue weighted by molar-refractivity contribution is 4.92. The van der Waals surface area contributed by atoms with E-state index in [1.54, 1.807) is 0 Å². The van der Waals surface area contributed by atoms with Crippen LogP contribution in [-0.2, 0) is 0 Å². The highest BCUT2D eigenvalue weighted by Crippen LogP contribution is 2.10. The van der Waals surface area contributed by atoms with Crippen LogP contribution in [0.2, 0.25) is 0 Å². The van der Waals surface area contributed by atoms with E-state index in [0.717, 1.165) is 19.4 Å². The number of hydrogen-bond donors (Lipinski definition) is 1. The number of hydrogen-bond acceptors (Lipinski definition) is 2. The second kappa shape index (κ2) is 4.99. The van der Waals surface area contributed by atoms with E-state index in [-0.39, 0.29) is 13.0 Å². The Morgan fingerprint density at radius 2 is 2.00 bits per heavy atom. The number of alkyl halides is 3. The van der Waals surface area contributed by atoms with Crippen LogP contribution in [0.4, 0.5) is 13.2 Å². The summed E-state index contributed by atoms with van der Waals surface area (Å²) in [6.07, 6.45) is -1.80. The van der Waals surface area contributed by atoms with Gasteiger partial charge in [0.25, 0.3) is 0 Å². The largest absolute Gasteiger partial charge is 0.386 e. The van der Waals surface area contributed by atoms with Gasteiger partial charge in [0.15, 0.2) is 0 Å². The maximum atomic E-state index is 10.4. The molecule has 1 rings (SSSR count). The van der Waals surface area contributed by atoms with Crippen LogP contribution in [0.15, 0.2) is 0 Å². The smallest absolute Gasteiger partial charge is 0.302 e. The molecule has 0 aliphatic carbocycles. The minimum Gasteiger partial charge on any atom is -0.302 e. The predicted octanol–water partition coefficient (Wildman–Crippen LogP) is 1.83.